The van der Waals surface area contributed by atoms with E-state index < -0.39 is 0 Å². The zero-order valence-electron chi connectivity index (χ0n) is 15.3. The van der Waals surface area contributed by atoms with Crippen molar-refractivity contribution >= 4 is 50.5 Å². The molecule has 1 aliphatic rings. The molecule has 0 saturated carbocycles. The number of anilines is 1. The molecule has 4 nitrogen and oxygen atoms in total. The van der Waals surface area contributed by atoms with Crippen molar-refractivity contribution in [1.29, 1.82) is 0 Å². The van der Waals surface area contributed by atoms with Crippen LogP contribution in [-0.4, -0.2) is 28.9 Å². The number of aromatic nitrogens is 1. The van der Waals surface area contributed by atoms with E-state index in [-0.39, 0.29) is 5.91 Å². The third-order valence-electron chi connectivity index (χ3n) is 4.40. The second-order valence-electron chi connectivity index (χ2n) is 6.18. The lowest BCUT2D eigenvalue weighted by atomic mass is 10.1. The van der Waals surface area contributed by atoms with Crippen LogP contribution in [0, 0.1) is 6.92 Å². The molecular weight excluding hydrogens is 446 g/mol. The van der Waals surface area contributed by atoms with Crippen LogP contribution in [0.25, 0.3) is 0 Å². The number of likely N-dealkylation sites (N-methyl/N-ethyl adjacent to an activating group) is 1. The standard InChI is InChI=1S/C20H21BrClN3OS/c1-3-25(20(26)16-11-19(21)27-14(16)2)18-13-24(10-5-4-8-17(18)22)15-7-6-9-23-12-15/h6-9,11-13H,3-5,10H2,1-2H3. The monoisotopic (exact) mass is 465 g/mol. The summed E-state index contributed by atoms with van der Waals surface area (Å²) in [4.78, 5) is 22.3. The quantitative estimate of drug-likeness (QED) is 0.559. The maximum absolute atomic E-state index is 13.3. The summed E-state index contributed by atoms with van der Waals surface area (Å²) in [7, 11) is 0. The second-order valence-corrected chi connectivity index (χ2v) is 9.23. The summed E-state index contributed by atoms with van der Waals surface area (Å²) in [5.41, 5.74) is 2.41. The van der Waals surface area contributed by atoms with Gasteiger partial charge in [0.05, 0.1) is 32.0 Å². The Bertz CT molecular complexity index is 879. The highest BCUT2D eigenvalue weighted by atomic mass is 79.9. The normalized spacial score (nSPS) is 14.9. The lowest BCUT2D eigenvalue weighted by molar-refractivity contribution is 0.0816. The zero-order chi connectivity index (χ0) is 19.4. The van der Waals surface area contributed by atoms with Crippen LogP contribution >= 0.6 is 38.9 Å². The molecule has 0 aliphatic carbocycles. The van der Waals surface area contributed by atoms with E-state index in [0.29, 0.717) is 17.1 Å². The van der Waals surface area contributed by atoms with Gasteiger partial charge >= 0.3 is 0 Å². The minimum absolute atomic E-state index is 0.0403. The molecule has 0 aromatic carbocycles. The van der Waals surface area contributed by atoms with Gasteiger partial charge in [-0.3, -0.25) is 9.78 Å². The number of allylic oxidation sites excluding steroid dienone is 2. The maximum Gasteiger partial charge on any atom is 0.259 e. The molecule has 0 radical (unpaired) electrons. The number of hydrogen-bond acceptors (Lipinski definition) is 4. The molecule has 0 unspecified atom stereocenters. The molecule has 0 saturated heterocycles. The number of rotatable bonds is 4. The van der Waals surface area contributed by atoms with Crippen LogP contribution in [0.1, 0.15) is 35.0 Å². The predicted octanol–water partition coefficient (Wildman–Crippen LogP) is 5.94. The van der Waals surface area contributed by atoms with E-state index in [1.165, 1.54) is 0 Å². The molecule has 0 N–H and O–H groups in total. The topological polar surface area (TPSA) is 36.4 Å². The Morgan fingerprint density at radius 2 is 2.30 bits per heavy atom. The van der Waals surface area contributed by atoms with Crippen LogP contribution in [0.2, 0.25) is 0 Å². The lowest BCUT2D eigenvalue weighted by Crippen LogP contribution is -2.33. The number of carbonyl (C=O) groups is 1. The summed E-state index contributed by atoms with van der Waals surface area (Å²) in [6, 6.07) is 5.80. The molecule has 0 fully saturated rings. The van der Waals surface area contributed by atoms with Gasteiger partial charge in [0.1, 0.15) is 0 Å². The average Bonchev–Trinajstić information content (AvgIpc) is 3.00. The van der Waals surface area contributed by atoms with Gasteiger partial charge in [0.2, 0.25) is 0 Å². The zero-order valence-corrected chi connectivity index (χ0v) is 18.4. The fourth-order valence-corrected chi connectivity index (χ4v) is 4.96. The highest BCUT2D eigenvalue weighted by molar-refractivity contribution is 9.11. The minimum atomic E-state index is -0.0403. The molecular formula is C20H21BrClN3OS. The molecule has 3 heterocycles. The van der Waals surface area contributed by atoms with Crippen molar-refractivity contribution in [2.24, 2.45) is 0 Å². The van der Waals surface area contributed by atoms with Gasteiger partial charge in [0.15, 0.2) is 0 Å². The van der Waals surface area contributed by atoms with Gasteiger partial charge in [0, 0.05) is 30.4 Å². The number of aryl methyl sites for hydroxylation is 1. The minimum Gasteiger partial charge on any atom is -0.345 e. The Kier molecular flexibility index (Phi) is 6.73. The van der Waals surface area contributed by atoms with E-state index in [2.05, 4.69) is 25.8 Å². The number of halogens is 2. The van der Waals surface area contributed by atoms with Crippen LogP contribution < -0.4 is 4.90 Å². The van der Waals surface area contributed by atoms with Crippen molar-refractivity contribution in [2.75, 3.05) is 18.0 Å². The summed E-state index contributed by atoms with van der Waals surface area (Å²) in [6.45, 7) is 5.29. The summed E-state index contributed by atoms with van der Waals surface area (Å²) in [6.07, 6.45) is 9.39. The summed E-state index contributed by atoms with van der Waals surface area (Å²) < 4.78 is 0.949. The Morgan fingerprint density at radius 3 is 2.93 bits per heavy atom. The molecule has 2 aromatic heterocycles. The molecule has 27 heavy (non-hydrogen) atoms. The third kappa shape index (κ3) is 4.62. The predicted molar refractivity (Wildman–Crippen MR) is 116 cm³/mol. The number of hydrogen-bond donors (Lipinski definition) is 0. The third-order valence-corrected chi connectivity index (χ3v) is 6.30. The fourth-order valence-electron chi connectivity index (χ4n) is 3.02. The van der Waals surface area contributed by atoms with Crippen molar-refractivity contribution in [3.8, 4) is 0 Å². The highest BCUT2D eigenvalue weighted by Crippen LogP contribution is 2.31. The Balaban J connectivity index is 2.02. The largest absolute Gasteiger partial charge is 0.345 e. The first-order valence-electron chi connectivity index (χ1n) is 8.83. The van der Waals surface area contributed by atoms with Crippen molar-refractivity contribution in [3.63, 3.8) is 0 Å². The van der Waals surface area contributed by atoms with Crippen LogP contribution in [0.15, 0.2) is 57.4 Å². The van der Waals surface area contributed by atoms with Crippen LogP contribution in [-0.2, 0) is 0 Å². The Morgan fingerprint density at radius 1 is 1.48 bits per heavy atom. The van der Waals surface area contributed by atoms with Gasteiger partial charge < -0.3 is 9.80 Å². The SMILES string of the molecule is CCN(C(=O)c1cc(Br)sc1C)C1=CN(c2cccnc2)CCCC=C1Cl. The fraction of sp³-hybridized carbons (Fsp3) is 0.300. The van der Waals surface area contributed by atoms with Gasteiger partial charge in [-0.2, -0.15) is 0 Å². The summed E-state index contributed by atoms with van der Waals surface area (Å²) in [5.74, 6) is -0.0403. The first-order chi connectivity index (χ1) is 13.0. The molecule has 2 aromatic rings. The van der Waals surface area contributed by atoms with Gasteiger partial charge in [-0.1, -0.05) is 17.7 Å². The number of nitrogens with zero attached hydrogens (tertiary/aromatic N) is 3. The Labute approximate surface area is 177 Å². The van der Waals surface area contributed by atoms with Gasteiger partial charge in [-0.15, -0.1) is 11.3 Å². The first-order valence-corrected chi connectivity index (χ1v) is 10.8. The number of pyridine rings is 1. The molecule has 142 valence electrons. The van der Waals surface area contributed by atoms with E-state index in [9.17, 15) is 4.79 Å². The Hall–Kier alpha value is -1.63. The highest BCUT2D eigenvalue weighted by Gasteiger charge is 2.24. The summed E-state index contributed by atoms with van der Waals surface area (Å²) >= 11 is 11.6. The number of carbonyl (C=O) groups excluding carboxylic acids is 1. The second kappa shape index (κ2) is 9.04. The maximum atomic E-state index is 13.3. The number of amides is 1. The number of thiophene rings is 1. The van der Waals surface area contributed by atoms with Crippen molar-refractivity contribution in [3.05, 3.63) is 67.8 Å². The van der Waals surface area contributed by atoms with Crippen molar-refractivity contribution < 1.29 is 4.79 Å². The lowest BCUT2D eigenvalue weighted by Gasteiger charge is -2.29. The van der Waals surface area contributed by atoms with E-state index in [0.717, 1.165) is 39.4 Å². The van der Waals surface area contributed by atoms with E-state index in [4.69, 9.17) is 11.6 Å². The van der Waals surface area contributed by atoms with Crippen LogP contribution in [0.5, 0.6) is 0 Å². The average molecular weight is 467 g/mol. The summed E-state index contributed by atoms with van der Waals surface area (Å²) in [5, 5.41) is 0.603. The van der Waals surface area contributed by atoms with Crippen LogP contribution in [0.4, 0.5) is 5.69 Å². The molecule has 1 amide bonds. The van der Waals surface area contributed by atoms with Crippen molar-refractivity contribution in [1.82, 2.24) is 9.88 Å². The molecule has 0 bridgehead atoms. The van der Waals surface area contributed by atoms with Gasteiger partial charge in [-0.25, -0.2) is 0 Å². The van der Waals surface area contributed by atoms with E-state index in [1.54, 1.807) is 22.4 Å². The molecule has 0 spiro atoms. The molecule has 7 heteroatoms. The molecule has 1 aliphatic heterocycles. The molecule has 0 atom stereocenters. The smallest absolute Gasteiger partial charge is 0.259 e. The van der Waals surface area contributed by atoms with Crippen LogP contribution in [0.3, 0.4) is 0 Å². The van der Waals surface area contributed by atoms with Gasteiger partial charge in [0.25, 0.3) is 5.91 Å². The first kappa shape index (κ1) is 20.1. The van der Waals surface area contributed by atoms with Crippen molar-refractivity contribution in [2.45, 2.75) is 26.7 Å². The van der Waals surface area contributed by atoms with Gasteiger partial charge in [-0.05, 0) is 60.8 Å². The van der Waals surface area contributed by atoms with E-state index >= 15 is 0 Å². The van der Waals surface area contributed by atoms with E-state index in [1.807, 2.05) is 50.5 Å². The molecule has 3 rings (SSSR count).